The van der Waals surface area contributed by atoms with Gasteiger partial charge < -0.3 is 18.9 Å². The van der Waals surface area contributed by atoms with Gasteiger partial charge in [-0.1, -0.05) is 99.7 Å². The van der Waals surface area contributed by atoms with E-state index in [0.717, 1.165) is 90.3 Å². The Labute approximate surface area is 270 Å². The lowest BCUT2D eigenvalue weighted by Crippen LogP contribution is -2.26. The number of ether oxygens (including phenoxy) is 4. The highest BCUT2D eigenvalue weighted by Crippen LogP contribution is 2.16. The first-order valence-corrected chi connectivity index (χ1v) is 17.7. The van der Waals surface area contributed by atoms with Crippen LogP contribution in [0.1, 0.15) is 154 Å². The molecule has 4 atom stereocenters. The van der Waals surface area contributed by atoms with Crippen molar-refractivity contribution in [2.45, 2.75) is 179 Å². The SMILES string of the molecule is C#C[C@@H](C#CCCCCCCCCCC#CCCCCCCCCCC#C[C@H](C#C)OC1CCCCO1)OC1CCCCO1. The van der Waals surface area contributed by atoms with Gasteiger partial charge in [-0.2, -0.15) is 0 Å². The molecule has 2 unspecified atom stereocenters. The number of hydrogen-bond donors (Lipinski definition) is 0. The van der Waals surface area contributed by atoms with Crippen LogP contribution in [-0.2, 0) is 18.9 Å². The largest absolute Gasteiger partial charge is 0.353 e. The Morgan fingerprint density at radius 1 is 0.477 bits per heavy atom. The maximum absolute atomic E-state index is 5.76. The molecule has 242 valence electrons. The van der Waals surface area contributed by atoms with Gasteiger partial charge in [-0.3, -0.25) is 0 Å². The molecule has 0 radical (unpaired) electrons. The molecule has 4 heteroatoms. The highest BCUT2D eigenvalue weighted by Gasteiger charge is 2.18. The van der Waals surface area contributed by atoms with Crippen LogP contribution in [0.3, 0.4) is 0 Å². The van der Waals surface area contributed by atoms with Gasteiger partial charge >= 0.3 is 0 Å². The summed E-state index contributed by atoms with van der Waals surface area (Å²) < 4.78 is 22.7. The Morgan fingerprint density at radius 2 is 0.818 bits per heavy atom. The van der Waals surface area contributed by atoms with Crippen LogP contribution in [0.4, 0.5) is 0 Å². The summed E-state index contributed by atoms with van der Waals surface area (Å²) in [7, 11) is 0. The molecule has 2 rings (SSSR count). The van der Waals surface area contributed by atoms with Crippen molar-refractivity contribution in [1.82, 2.24) is 0 Å². The fraction of sp³-hybridized carbons (Fsp3) is 0.750. The molecule has 2 aliphatic heterocycles. The average Bonchev–Trinajstić information content (AvgIpc) is 3.06. The van der Waals surface area contributed by atoms with Crippen molar-refractivity contribution in [3.63, 3.8) is 0 Å². The van der Waals surface area contributed by atoms with Gasteiger partial charge in [0, 0.05) is 38.9 Å². The summed E-state index contributed by atoms with van der Waals surface area (Å²) in [6.07, 6.45) is 37.6. The first-order chi connectivity index (χ1) is 21.8. The quantitative estimate of drug-likeness (QED) is 0.103. The molecule has 0 aliphatic carbocycles. The van der Waals surface area contributed by atoms with Gasteiger partial charge in [0.1, 0.15) is 0 Å². The van der Waals surface area contributed by atoms with Crippen molar-refractivity contribution in [2.75, 3.05) is 13.2 Å². The first-order valence-electron chi connectivity index (χ1n) is 17.7. The number of rotatable bonds is 20. The highest BCUT2D eigenvalue weighted by atomic mass is 16.7. The molecule has 0 bridgehead atoms. The molecular weight excluding hydrogens is 544 g/mol. The Kier molecular flexibility index (Phi) is 24.2. The third kappa shape index (κ3) is 21.4. The van der Waals surface area contributed by atoms with E-state index in [1.165, 1.54) is 77.0 Å². The van der Waals surface area contributed by atoms with E-state index in [2.05, 4.69) is 47.4 Å². The maximum Gasteiger partial charge on any atom is 0.182 e. The van der Waals surface area contributed by atoms with Gasteiger partial charge in [0.2, 0.25) is 0 Å². The van der Waals surface area contributed by atoms with E-state index in [1.807, 2.05) is 0 Å². The molecule has 0 amide bonds. The van der Waals surface area contributed by atoms with Crippen LogP contribution in [-0.4, -0.2) is 38.0 Å². The second-order valence-electron chi connectivity index (χ2n) is 11.9. The standard InChI is InChI=1S/C40H58O4/c1-3-37(43-39-33-27-29-35-41-39)31-25-23-21-19-17-15-13-11-9-7-5-6-8-10-12-14-16-18-20-22-24-26-32-38(4-2)44-40-34-28-30-36-42-40/h1-2,37-40H,7-24,27-30,33-36H2/t37-,38-,39?,40?/m0/s1. The summed E-state index contributed by atoms with van der Waals surface area (Å²) >= 11 is 0. The van der Waals surface area contributed by atoms with E-state index >= 15 is 0 Å². The molecule has 0 aromatic carbocycles. The Bertz CT molecular complexity index is 895. The van der Waals surface area contributed by atoms with Crippen molar-refractivity contribution >= 4 is 0 Å². The summed E-state index contributed by atoms with van der Waals surface area (Å²) in [5.41, 5.74) is 0. The minimum absolute atomic E-state index is 0.183. The molecule has 0 aromatic heterocycles. The summed E-state index contributed by atoms with van der Waals surface area (Å²) in [5, 5.41) is 0. The van der Waals surface area contributed by atoms with Crippen molar-refractivity contribution in [2.24, 2.45) is 0 Å². The predicted octanol–water partition coefficient (Wildman–Crippen LogP) is 9.11. The molecule has 2 saturated heterocycles. The molecule has 4 nitrogen and oxygen atoms in total. The predicted molar refractivity (Wildman–Crippen MR) is 181 cm³/mol. The monoisotopic (exact) mass is 602 g/mol. The third-order valence-electron chi connectivity index (χ3n) is 7.95. The number of hydrogen-bond acceptors (Lipinski definition) is 4. The zero-order chi connectivity index (χ0) is 31.2. The lowest BCUT2D eigenvalue weighted by Gasteiger charge is -2.23. The smallest absolute Gasteiger partial charge is 0.182 e. The molecule has 0 aromatic rings. The average molecular weight is 603 g/mol. The van der Waals surface area contributed by atoms with Crippen LogP contribution in [0, 0.1) is 60.2 Å². The molecule has 0 spiro atoms. The minimum Gasteiger partial charge on any atom is -0.353 e. The van der Waals surface area contributed by atoms with Crippen molar-refractivity contribution in [3.05, 3.63) is 0 Å². The van der Waals surface area contributed by atoms with Crippen LogP contribution in [0.2, 0.25) is 0 Å². The lowest BCUT2D eigenvalue weighted by atomic mass is 10.1. The van der Waals surface area contributed by atoms with Crippen LogP contribution in [0.5, 0.6) is 0 Å². The summed E-state index contributed by atoms with van der Waals surface area (Å²) in [6, 6.07) is 0. The fourth-order valence-corrected chi connectivity index (χ4v) is 5.30. The van der Waals surface area contributed by atoms with E-state index in [0.29, 0.717) is 0 Å². The van der Waals surface area contributed by atoms with Gasteiger partial charge in [0.25, 0.3) is 0 Å². The summed E-state index contributed by atoms with van der Waals surface area (Å²) in [4.78, 5) is 0. The molecule has 2 fully saturated rings. The van der Waals surface area contributed by atoms with E-state index < -0.39 is 12.2 Å². The Balaban J connectivity index is 1.29. The van der Waals surface area contributed by atoms with E-state index in [1.54, 1.807) is 0 Å². The van der Waals surface area contributed by atoms with Gasteiger partial charge in [0.15, 0.2) is 24.8 Å². The molecule has 0 N–H and O–H groups in total. The summed E-state index contributed by atoms with van der Waals surface area (Å²) in [5.74, 6) is 24.6. The van der Waals surface area contributed by atoms with Crippen molar-refractivity contribution in [1.29, 1.82) is 0 Å². The molecule has 2 aliphatic rings. The molecule has 44 heavy (non-hydrogen) atoms. The molecule has 2 heterocycles. The number of terminal acetylenes is 2. The van der Waals surface area contributed by atoms with Gasteiger partial charge in [-0.25, -0.2) is 0 Å². The first kappa shape index (κ1) is 37.8. The second kappa shape index (κ2) is 28.1. The minimum atomic E-state index is -0.448. The Hall–Kier alpha value is -2.36. The van der Waals surface area contributed by atoms with E-state index in [9.17, 15) is 0 Å². The zero-order valence-electron chi connectivity index (χ0n) is 27.5. The van der Waals surface area contributed by atoms with E-state index in [-0.39, 0.29) is 12.6 Å². The fourth-order valence-electron chi connectivity index (χ4n) is 5.30. The summed E-state index contributed by atoms with van der Waals surface area (Å²) in [6.45, 7) is 1.51. The maximum atomic E-state index is 5.76. The van der Waals surface area contributed by atoms with Gasteiger partial charge in [-0.05, 0) is 64.2 Å². The second-order valence-corrected chi connectivity index (χ2v) is 11.9. The van der Waals surface area contributed by atoms with Crippen LogP contribution < -0.4 is 0 Å². The lowest BCUT2D eigenvalue weighted by molar-refractivity contribution is -0.166. The Morgan fingerprint density at radius 3 is 1.14 bits per heavy atom. The molecule has 0 saturated carbocycles. The van der Waals surface area contributed by atoms with Gasteiger partial charge in [0.05, 0.1) is 0 Å². The topological polar surface area (TPSA) is 36.9 Å². The molecular formula is C40H58O4. The highest BCUT2D eigenvalue weighted by molar-refractivity contribution is 5.17. The van der Waals surface area contributed by atoms with Crippen molar-refractivity contribution < 1.29 is 18.9 Å². The zero-order valence-corrected chi connectivity index (χ0v) is 27.5. The van der Waals surface area contributed by atoms with Crippen molar-refractivity contribution in [3.8, 4) is 60.2 Å². The van der Waals surface area contributed by atoms with Gasteiger partial charge in [-0.15, -0.1) is 24.7 Å². The van der Waals surface area contributed by atoms with E-state index in [4.69, 9.17) is 31.8 Å². The normalized spacial score (nSPS) is 19.0. The number of unbranched alkanes of at least 4 members (excludes halogenated alkanes) is 16. The third-order valence-corrected chi connectivity index (χ3v) is 7.95. The van der Waals surface area contributed by atoms with Crippen LogP contribution in [0.15, 0.2) is 0 Å². The van der Waals surface area contributed by atoms with Crippen LogP contribution >= 0.6 is 0 Å². The van der Waals surface area contributed by atoms with Crippen LogP contribution in [0.25, 0.3) is 0 Å².